The Balaban J connectivity index is 1.87. The van der Waals surface area contributed by atoms with Gasteiger partial charge in [-0.3, -0.25) is 4.79 Å². The van der Waals surface area contributed by atoms with Crippen LogP contribution in [0.4, 0.5) is 0 Å². The molecule has 1 aliphatic rings. The number of piperidine rings is 1. The number of hydrogen-bond acceptors (Lipinski definition) is 2. The van der Waals surface area contributed by atoms with E-state index in [2.05, 4.69) is 17.6 Å². The Morgan fingerprint density at radius 2 is 2.18 bits per heavy atom. The normalized spacial score (nSPS) is 21.2. The van der Waals surface area contributed by atoms with Crippen molar-refractivity contribution in [1.82, 2.24) is 10.6 Å². The minimum atomic E-state index is -0.117. The van der Waals surface area contributed by atoms with Crippen LogP contribution in [0.3, 0.4) is 0 Å². The highest BCUT2D eigenvalue weighted by atomic mass is 35.5. The third-order valence-corrected chi connectivity index (χ3v) is 5.02. The summed E-state index contributed by atoms with van der Waals surface area (Å²) in [6.07, 6.45) is 2.97. The molecule has 1 amide bonds. The first kappa shape index (κ1) is 17.6. The average molecular weight is 343 g/mol. The van der Waals surface area contributed by atoms with E-state index in [0.717, 1.165) is 18.7 Å². The van der Waals surface area contributed by atoms with Crippen LogP contribution in [0.1, 0.15) is 44.7 Å². The molecule has 0 saturated carbocycles. The maximum absolute atomic E-state index is 12.3. The van der Waals surface area contributed by atoms with Crippen molar-refractivity contribution in [2.45, 2.75) is 39.2 Å². The van der Waals surface area contributed by atoms with Gasteiger partial charge in [0.25, 0.3) is 0 Å². The van der Waals surface area contributed by atoms with E-state index in [1.165, 1.54) is 12.8 Å². The van der Waals surface area contributed by atoms with Crippen LogP contribution in [0.25, 0.3) is 0 Å². The molecule has 1 aromatic carbocycles. The van der Waals surface area contributed by atoms with Gasteiger partial charge in [-0.1, -0.05) is 36.2 Å². The van der Waals surface area contributed by atoms with Gasteiger partial charge in [-0.15, -0.1) is 0 Å². The third kappa shape index (κ3) is 4.87. The molecule has 3 atom stereocenters. The molecule has 2 rings (SSSR count). The maximum Gasteiger partial charge on any atom is 0.220 e. The Kier molecular flexibility index (Phi) is 6.54. The van der Waals surface area contributed by atoms with E-state index in [1.807, 2.05) is 13.0 Å². The molecular weight excluding hydrogens is 319 g/mol. The van der Waals surface area contributed by atoms with Gasteiger partial charge in [0.05, 0.1) is 6.04 Å². The topological polar surface area (TPSA) is 41.1 Å². The van der Waals surface area contributed by atoms with Crippen LogP contribution in [0, 0.1) is 11.8 Å². The first-order valence-corrected chi connectivity index (χ1v) is 8.68. The van der Waals surface area contributed by atoms with Crippen molar-refractivity contribution in [3.8, 4) is 0 Å². The smallest absolute Gasteiger partial charge is 0.220 e. The summed E-state index contributed by atoms with van der Waals surface area (Å²) in [5.74, 6) is 1.06. The van der Waals surface area contributed by atoms with Gasteiger partial charge < -0.3 is 10.6 Å². The second kappa shape index (κ2) is 8.19. The van der Waals surface area contributed by atoms with Crippen LogP contribution < -0.4 is 10.6 Å². The zero-order valence-electron chi connectivity index (χ0n) is 13.2. The molecule has 2 N–H and O–H groups in total. The Labute approximate surface area is 142 Å². The maximum atomic E-state index is 12.3. The molecule has 1 heterocycles. The number of halogens is 2. The van der Waals surface area contributed by atoms with Gasteiger partial charge in [-0.05, 0) is 62.4 Å². The fraction of sp³-hybridized carbons (Fsp3) is 0.588. The zero-order chi connectivity index (χ0) is 16.1. The molecule has 5 heteroatoms. The lowest BCUT2D eigenvalue weighted by Gasteiger charge is -2.28. The number of nitrogens with one attached hydrogen (secondary N) is 2. The van der Waals surface area contributed by atoms with Crippen molar-refractivity contribution in [3.63, 3.8) is 0 Å². The molecule has 1 aliphatic heterocycles. The van der Waals surface area contributed by atoms with Gasteiger partial charge in [0.1, 0.15) is 0 Å². The van der Waals surface area contributed by atoms with Crippen LogP contribution in [-0.4, -0.2) is 19.0 Å². The summed E-state index contributed by atoms with van der Waals surface area (Å²) in [5.41, 5.74) is 0.895. The molecular formula is C17H24Cl2N2O. The SMILES string of the molecule is CC(NC(=O)CC(C)C1CCCNC1)c1ccc(Cl)cc1Cl. The van der Waals surface area contributed by atoms with Gasteiger partial charge in [-0.25, -0.2) is 0 Å². The lowest BCUT2D eigenvalue weighted by atomic mass is 9.85. The molecule has 122 valence electrons. The molecule has 1 aromatic rings. The largest absolute Gasteiger partial charge is 0.350 e. The summed E-state index contributed by atoms with van der Waals surface area (Å²) in [6.45, 7) is 6.23. The summed E-state index contributed by atoms with van der Waals surface area (Å²) < 4.78 is 0. The molecule has 0 radical (unpaired) electrons. The van der Waals surface area contributed by atoms with Crippen molar-refractivity contribution in [1.29, 1.82) is 0 Å². The van der Waals surface area contributed by atoms with Crippen molar-refractivity contribution < 1.29 is 4.79 Å². The summed E-state index contributed by atoms with van der Waals surface area (Å²) >= 11 is 12.1. The van der Waals surface area contributed by atoms with Crippen molar-refractivity contribution in [2.75, 3.05) is 13.1 Å². The molecule has 0 aromatic heterocycles. The molecule has 0 aliphatic carbocycles. The highest BCUT2D eigenvalue weighted by Gasteiger charge is 2.23. The van der Waals surface area contributed by atoms with Crippen molar-refractivity contribution >= 4 is 29.1 Å². The molecule has 22 heavy (non-hydrogen) atoms. The van der Waals surface area contributed by atoms with Crippen LogP contribution in [-0.2, 0) is 4.79 Å². The Morgan fingerprint density at radius 1 is 1.41 bits per heavy atom. The number of carbonyl (C=O) groups is 1. The Hall–Kier alpha value is -0.770. The minimum Gasteiger partial charge on any atom is -0.350 e. The third-order valence-electron chi connectivity index (χ3n) is 4.45. The Bertz CT molecular complexity index is 515. The predicted octanol–water partition coefficient (Wildman–Crippen LogP) is 4.20. The van der Waals surface area contributed by atoms with E-state index < -0.39 is 0 Å². The van der Waals surface area contributed by atoms with Gasteiger partial charge >= 0.3 is 0 Å². The van der Waals surface area contributed by atoms with E-state index in [4.69, 9.17) is 23.2 Å². The van der Waals surface area contributed by atoms with E-state index in [9.17, 15) is 4.79 Å². The number of benzene rings is 1. The summed E-state index contributed by atoms with van der Waals surface area (Å²) in [5, 5.41) is 7.64. The lowest BCUT2D eigenvalue weighted by molar-refractivity contribution is -0.123. The van der Waals surface area contributed by atoms with Gasteiger partial charge in [0, 0.05) is 16.5 Å². The predicted molar refractivity (Wildman–Crippen MR) is 92.4 cm³/mol. The fourth-order valence-corrected chi connectivity index (χ4v) is 3.63. The van der Waals surface area contributed by atoms with E-state index in [0.29, 0.717) is 28.3 Å². The van der Waals surface area contributed by atoms with Crippen LogP contribution >= 0.6 is 23.2 Å². The van der Waals surface area contributed by atoms with Crippen LogP contribution in [0.5, 0.6) is 0 Å². The quantitative estimate of drug-likeness (QED) is 0.841. The number of carbonyl (C=O) groups excluding carboxylic acids is 1. The fourth-order valence-electron chi connectivity index (χ4n) is 3.05. The van der Waals surface area contributed by atoms with Crippen molar-refractivity contribution in [3.05, 3.63) is 33.8 Å². The van der Waals surface area contributed by atoms with Gasteiger partial charge in [-0.2, -0.15) is 0 Å². The van der Waals surface area contributed by atoms with E-state index >= 15 is 0 Å². The van der Waals surface area contributed by atoms with E-state index in [1.54, 1.807) is 12.1 Å². The Morgan fingerprint density at radius 3 is 2.82 bits per heavy atom. The van der Waals surface area contributed by atoms with Crippen LogP contribution in [0.15, 0.2) is 18.2 Å². The minimum absolute atomic E-state index is 0.0802. The first-order valence-electron chi connectivity index (χ1n) is 7.92. The molecule has 1 fully saturated rings. The molecule has 1 saturated heterocycles. The first-order chi connectivity index (χ1) is 10.5. The zero-order valence-corrected chi connectivity index (χ0v) is 14.7. The number of hydrogen-bond donors (Lipinski definition) is 2. The van der Waals surface area contributed by atoms with E-state index in [-0.39, 0.29) is 11.9 Å². The number of rotatable bonds is 5. The van der Waals surface area contributed by atoms with Gasteiger partial charge in [0.2, 0.25) is 5.91 Å². The second-order valence-corrected chi connectivity index (χ2v) is 7.09. The van der Waals surface area contributed by atoms with Crippen molar-refractivity contribution in [2.24, 2.45) is 11.8 Å². The molecule has 0 spiro atoms. The molecule has 3 nitrogen and oxygen atoms in total. The monoisotopic (exact) mass is 342 g/mol. The molecule has 0 bridgehead atoms. The standard InChI is InChI=1S/C17H24Cl2N2O/c1-11(13-4-3-7-20-10-13)8-17(22)21-12(2)15-6-5-14(18)9-16(15)19/h5-6,9,11-13,20H,3-4,7-8,10H2,1-2H3,(H,21,22). The van der Waals surface area contributed by atoms with Crippen LogP contribution in [0.2, 0.25) is 10.0 Å². The summed E-state index contributed by atoms with van der Waals surface area (Å²) in [6, 6.07) is 5.25. The highest BCUT2D eigenvalue weighted by molar-refractivity contribution is 6.35. The highest BCUT2D eigenvalue weighted by Crippen LogP contribution is 2.27. The van der Waals surface area contributed by atoms with Gasteiger partial charge in [0.15, 0.2) is 0 Å². The summed E-state index contributed by atoms with van der Waals surface area (Å²) in [7, 11) is 0. The average Bonchev–Trinajstić information content (AvgIpc) is 2.47. The second-order valence-electron chi connectivity index (χ2n) is 6.24. The lowest BCUT2D eigenvalue weighted by Crippen LogP contribution is -2.36. The molecule has 3 unspecified atom stereocenters. The summed E-state index contributed by atoms with van der Waals surface area (Å²) in [4.78, 5) is 12.3. The number of amides is 1.